The smallest absolute Gasteiger partial charge is 0.255 e. The van der Waals surface area contributed by atoms with Crippen molar-refractivity contribution in [2.24, 2.45) is 0 Å². The Labute approximate surface area is 201 Å². The molecule has 1 aromatic heterocycles. The molecule has 0 radical (unpaired) electrons. The fourth-order valence-electron chi connectivity index (χ4n) is 3.47. The van der Waals surface area contributed by atoms with Crippen LogP contribution in [0.2, 0.25) is 0 Å². The predicted octanol–water partition coefficient (Wildman–Crippen LogP) is 6.28. The van der Waals surface area contributed by atoms with Gasteiger partial charge in [-0.15, -0.1) is 11.3 Å². The highest BCUT2D eigenvalue weighted by atomic mass is 32.1. The van der Waals surface area contributed by atoms with E-state index in [9.17, 15) is 9.59 Å². The Balaban J connectivity index is 1.48. The number of nitrogens with one attached hydrogen (secondary N) is 2. The molecule has 0 saturated carbocycles. The van der Waals surface area contributed by atoms with Gasteiger partial charge < -0.3 is 16.4 Å². The zero-order valence-corrected chi connectivity index (χ0v) is 19.3. The summed E-state index contributed by atoms with van der Waals surface area (Å²) in [5.74, 6) is -0.481. The summed E-state index contributed by atoms with van der Waals surface area (Å²) in [6.45, 7) is 9.47. The van der Waals surface area contributed by atoms with Crippen molar-refractivity contribution in [3.63, 3.8) is 0 Å². The molecular weight excluding hydrogens is 444 g/mol. The average Bonchev–Trinajstić information content (AvgIpc) is 3.14. The second-order valence-electron chi connectivity index (χ2n) is 7.67. The fourth-order valence-corrected chi connectivity index (χ4v) is 4.64. The summed E-state index contributed by atoms with van der Waals surface area (Å²) >= 11 is 1.40. The Hall–Kier alpha value is -4.41. The minimum absolute atomic E-state index is 0.238. The summed E-state index contributed by atoms with van der Waals surface area (Å²) in [6.07, 6.45) is 0.591. The Kier molecular flexibility index (Phi) is 6.72. The van der Waals surface area contributed by atoms with E-state index in [2.05, 4.69) is 15.5 Å². The molecule has 1 heterocycles. The molecular formula is C27H22N4O2S. The maximum absolute atomic E-state index is 12.6. The van der Waals surface area contributed by atoms with Crippen LogP contribution in [-0.2, 0) is 6.42 Å². The molecule has 7 heteroatoms. The number of amides is 2. The van der Waals surface area contributed by atoms with E-state index in [-0.39, 0.29) is 11.8 Å². The molecule has 34 heavy (non-hydrogen) atoms. The van der Waals surface area contributed by atoms with Gasteiger partial charge in [0, 0.05) is 22.4 Å². The van der Waals surface area contributed by atoms with E-state index in [0.717, 1.165) is 16.0 Å². The first kappa shape index (κ1) is 22.8. The third kappa shape index (κ3) is 4.98. The number of carbonyl (C=O) groups is 2. The average molecular weight is 467 g/mol. The SMILES string of the molecule is [C-]#[N+]c1c(NC(=O)c2ccccc2)sc(Cc2ccc(C(=O)Nc3ccccc3N)cc2)c1C. The highest BCUT2D eigenvalue weighted by Crippen LogP contribution is 2.41. The third-order valence-corrected chi connectivity index (χ3v) is 6.57. The molecule has 0 aliphatic rings. The van der Waals surface area contributed by atoms with E-state index in [4.69, 9.17) is 12.3 Å². The number of nitrogens with two attached hydrogens (primary N) is 1. The number of nitrogen functional groups attached to an aromatic ring is 1. The maximum Gasteiger partial charge on any atom is 0.255 e. The van der Waals surface area contributed by atoms with E-state index >= 15 is 0 Å². The Morgan fingerprint density at radius 2 is 1.50 bits per heavy atom. The van der Waals surface area contributed by atoms with E-state index < -0.39 is 0 Å². The van der Waals surface area contributed by atoms with Crippen LogP contribution in [-0.4, -0.2) is 11.8 Å². The van der Waals surface area contributed by atoms with Crippen LogP contribution in [0.4, 0.5) is 22.1 Å². The first-order chi connectivity index (χ1) is 16.5. The molecule has 0 spiro atoms. The Morgan fingerprint density at radius 1 is 0.882 bits per heavy atom. The van der Waals surface area contributed by atoms with Crippen molar-refractivity contribution >= 4 is 45.2 Å². The van der Waals surface area contributed by atoms with Gasteiger partial charge in [-0.2, -0.15) is 0 Å². The molecule has 0 aliphatic carbocycles. The molecule has 3 aromatic carbocycles. The lowest BCUT2D eigenvalue weighted by Gasteiger charge is -2.08. The summed E-state index contributed by atoms with van der Waals surface area (Å²) in [4.78, 5) is 29.8. The van der Waals surface area contributed by atoms with Gasteiger partial charge in [-0.3, -0.25) is 9.59 Å². The molecule has 0 aliphatic heterocycles. The van der Waals surface area contributed by atoms with E-state index in [1.54, 1.807) is 48.5 Å². The van der Waals surface area contributed by atoms with E-state index in [1.165, 1.54) is 11.3 Å². The summed E-state index contributed by atoms with van der Waals surface area (Å²) in [5.41, 5.74) is 10.3. The number of nitrogens with zero attached hydrogens (tertiary/aromatic N) is 1. The van der Waals surface area contributed by atoms with Crippen LogP contribution in [0.1, 0.15) is 36.7 Å². The molecule has 0 bridgehead atoms. The van der Waals surface area contributed by atoms with E-state index in [0.29, 0.717) is 39.6 Å². The van der Waals surface area contributed by atoms with Crippen molar-refractivity contribution in [3.8, 4) is 0 Å². The monoisotopic (exact) mass is 466 g/mol. The first-order valence-corrected chi connectivity index (χ1v) is 11.4. The fraction of sp³-hybridized carbons (Fsp3) is 0.0741. The van der Waals surface area contributed by atoms with Crippen LogP contribution < -0.4 is 16.4 Å². The largest absolute Gasteiger partial charge is 0.397 e. The van der Waals surface area contributed by atoms with Crippen LogP contribution in [0.3, 0.4) is 0 Å². The number of carbonyl (C=O) groups excluding carboxylic acids is 2. The summed E-state index contributed by atoms with van der Waals surface area (Å²) in [5, 5.41) is 6.25. The number of thiophene rings is 1. The lowest BCUT2D eigenvalue weighted by atomic mass is 10.1. The summed E-state index contributed by atoms with van der Waals surface area (Å²) in [7, 11) is 0. The van der Waals surface area contributed by atoms with Crippen LogP contribution in [0.15, 0.2) is 78.9 Å². The zero-order chi connectivity index (χ0) is 24.1. The van der Waals surface area contributed by atoms with Crippen LogP contribution in [0.5, 0.6) is 0 Å². The van der Waals surface area contributed by atoms with Crippen LogP contribution in [0.25, 0.3) is 4.85 Å². The van der Waals surface area contributed by atoms with Gasteiger partial charge in [-0.25, -0.2) is 4.85 Å². The number of benzene rings is 3. The molecule has 4 N–H and O–H groups in total. The first-order valence-electron chi connectivity index (χ1n) is 10.6. The molecule has 0 unspecified atom stereocenters. The highest BCUT2D eigenvalue weighted by Gasteiger charge is 2.18. The predicted molar refractivity (Wildman–Crippen MR) is 138 cm³/mol. The standard InChI is InChI=1S/C27H22N4O2S/c1-17-23(34-27(24(17)29-2)31-26(33)19-8-4-3-5-9-19)16-18-12-14-20(15-13-18)25(32)30-22-11-7-6-10-21(22)28/h3-15H,16,28H2,1H3,(H,30,32)(H,31,33). The number of anilines is 3. The number of hydrogen-bond donors (Lipinski definition) is 3. The Morgan fingerprint density at radius 3 is 2.18 bits per heavy atom. The normalized spacial score (nSPS) is 10.4. The molecule has 168 valence electrons. The van der Waals surface area contributed by atoms with Gasteiger partial charge in [-0.1, -0.05) is 42.5 Å². The lowest BCUT2D eigenvalue weighted by Crippen LogP contribution is -2.13. The van der Waals surface area contributed by atoms with Gasteiger partial charge in [0.2, 0.25) is 5.69 Å². The zero-order valence-electron chi connectivity index (χ0n) is 18.5. The van der Waals surface area contributed by atoms with Crippen molar-refractivity contribution in [1.29, 1.82) is 0 Å². The third-order valence-electron chi connectivity index (χ3n) is 5.38. The molecule has 4 rings (SSSR count). The topological polar surface area (TPSA) is 88.6 Å². The van der Waals surface area contributed by atoms with Crippen molar-refractivity contribution in [3.05, 3.63) is 117 Å². The van der Waals surface area contributed by atoms with Crippen molar-refractivity contribution < 1.29 is 9.59 Å². The van der Waals surface area contributed by atoms with Gasteiger partial charge in [-0.05, 0) is 54.4 Å². The van der Waals surface area contributed by atoms with Gasteiger partial charge in [0.25, 0.3) is 11.8 Å². The van der Waals surface area contributed by atoms with Crippen LogP contribution in [0, 0.1) is 13.5 Å². The van der Waals surface area contributed by atoms with Gasteiger partial charge >= 0.3 is 0 Å². The highest BCUT2D eigenvalue weighted by molar-refractivity contribution is 7.17. The second-order valence-corrected chi connectivity index (χ2v) is 8.78. The van der Waals surface area contributed by atoms with E-state index in [1.807, 2.05) is 37.3 Å². The summed E-state index contributed by atoms with van der Waals surface area (Å²) < 4.78 is 0. The van der Waals surface area contributed by atoms with Gasteiger partial charge in [0.15, 0.2) is 0 Å². The molecule has 4 aromatic rings. The number of para-hydroxylation sites is 2. The van der Waals surface area contributed by atoms with Crippen LogP contribution >= 0.6 is 11.3 Å². The quantitative estimate of drug-likeness (QED) is 0.231. The van der Waals surface area contributed by atoms with Crippen molar-refractivity contribution in [1.82, 2.24) is 0 Å². The molecule has 0 fully saturated rings. The molecule has 0 saturated heterocycles. The molecule has 6 nitrogen and oxygen atoms in total. The second kappa shape index (κ2) is 10.0. The minimum Gasteiger partial charge on any atom is -0.397 e. The Bertz CT molecular complexity index is 1390. The number of hydrogen-bond acceptors (Lipinski definition) is 4. The van der Waals surface area contributed by atoms with Gasteiger partial charge in [0.1, 0.15) is 5.00 Å². The number of rotatable bonds is 6. The lowest BCUT2D eigenvalue weighted by molar-refractivity contribution is 0.101. The van der Waals surface area contributed by atoms with Gasteiger partial charge in [0.05, 0.1) is 17.9 Å². The minimum atomic E-state index is -0.243. The summed E-state index contributed by atoms with van der Waals surface area (Å²) in [6, 6.07) is 23.3. The van der Waals surface area contributed by atoms with Crippen molar-refractivity contribution in [2.75, 3.05) is 16.4 Å². The molecule has 2 amide bonds. The maximum atomic E-state index is 12.6. The molecule has 0 atom stereocenters. The van der Waals surface area contributed by atoms with Crippen molar-refractivity contribution in [2.45, 2.75) is 13.3 Å².